The molecule has 0 atom stereocenters. The van der Waals surface area contributed by atoms with E-state index in [0.29, 0.717) is 15.9 Å². The molecule has 0 unspecified atom stereocenters. The van der Waals surface area contributed by atoms with Gasteiger partial charge < -0.3 is 10.8 Å². The molecule has 0 aliphatic rings. The van der Waals surface area contributed by atoms with E-state index in [4.69, 9.17) is 10.8 Å². The fraction of sp³-hybridized carbons (Fsp3) is 0.167. The molecular weight excluding hydrogens is 264 g/mol. The van der Waals surface area contributed by atoms with Crippen LogP contribution < -0.4 is 5.73 Å². The third kappa shape index (κ3) is 3.19. The van der Waals surface area contributed by atoms with Crippen LogP contribution in [0.25, 0.3) is 0 Å². The van der Waals surface area contributed by atoms with Gasteiger partial charge in [0.15, 0.2) is 5.16 Å². The maximum atomic E-state index is 10.8. The summed E-state index contributed by atoms with van der Waals surface area (Å²) in [4.78, 5) is 23.4. The molecule has 0 aliphatic carbocycles. The van der Waals surface area contributed by atoms with Crippen LogP contribution in [0, 0.1) is 13.8 Å². The normalized spacial score (nSPS) is 10.4. The first-order valence-electron chi connectivity index (χ1n) is 5.44. The lowest BCUT2D eigenvalue weighted by atomic mass is 10.3. The predicted octanol–water partition coefficient (Wildman–Crippen LogP) is 1.92. The quantitative estimate of drug-likeness (QED) is 0.825. The van der Waals surface area contributed by atoms with Gasteiger partial charge in [0.25, 0.3) is 0 Å². The van der Waals surface area contributed by atoms with Crippen LogP contribution in [-0.4, -0.2) is 26.0 Å². The summed E-state index contributed by atoms with van der Waals surface area (Å²) in [5.41, 5.74) is 7.85. The lowest BCUT2D eigenvalue weighted by Crippen LogP contribution is -2.01. The summed E-state index contributed by atoms with van der Waals surface area (Å²) < 4.78 is 0. The number of nitrogen functional groups attached to an aromatic ring is 1. The van der Waals surface area contributed by atoms with Crippen molar-refractivity contribution < 1.29 is 9.90 Å². The van der Waals surface area contributed by atoms with Crippen molar-refractivity contribution in [2.75, 3.05) is 5.73 Å². The van der Waals surface area contributed by atoms with Gasteiger partial charge in [-0.2, -0.15) is 0 Å². The highest BCUT2D eigenvalue weighted by atomic mass is 32.2. The largest absolute Gasteiger partial charge is 0.478 e. The van der Waals surface area contributed by atoms with E-state index in [1.807, 2.05) is 19.9 Å². The summed E-state index contributed by atoms with van der Waals surface area (Å²) >= 11 is 1.21. The number of aromatic carboxylic acids is 1. The number of nitrogens with two attached hydrogens (primary N) is 1. The Kier molecular flexibility index (Phi) is 3.66. The first-order valence-corrected chi connectivity index (χ1v) is 6.26. The Balaban J connectivity index is 2.30. The maximum absolute atomic E-state index is 10.8. The van der Waals surface area contributed by atoms with Crippen LogP contribution in [0.1, 0.15) is 21.7 Å². The molecule has 0 spiro atoms. The molecule has 0 saturated heterocycles. The van der Waals surface area contributed by atoms with E-state index in [-0.39, 0.29) is 5.56 Å². The van der Waals surface area contributed by atoms with Crippen molar-refractivity contribution in [1.29, 1.82) is 0 Å². The van der Waals surface area contributed by atoms with Crippen LogP contribution in [0.4, 0.5) is 5.69 Å². The molecule has 6 nitrogen and oxygen atoms in total. The van der Waals surface area contributed by atoms with Crippen molar-refractivity contribution in [3.63, 3.8) is 0 Å². The monoisotopic (exact) mass is 276 g/mol. The number of nitrogens with zero attached hydrogens (tertiary/aromatic N) is 3. The van der Waals surface area contributed by atoms with Crippen LogP contribution in [-0.2, 0) is 0 Å². The molecule has 19 heavy (non-hydrogen) atoms. The molecule has 0 aromatic carbocycles. The number of rotatable bonds is 3. The molecule has 0 saturated carbocycles. The number of carboxylic acid groups (broad SMARTS) is 1. The first kappa shape index (κ1) is 13.3. The fourth-order valence-corrected chi connectivity index (χ4v) is 2.33. The molecule has 2 aromatic rings. The van der Waals surface area contributed by atoms with Crippen LogP contribution >= 0.6 is 11.8 Å². The van der Waals surface area contributed by atoms with Crippen molar-refractivity contribution in [2.24, 2.45) is 0 Å². The Hall–Kier alpha value is -2.15. The minimum Gasteiger partial charge on any atom is -0.478 e. The van der Waals surface area contributed by atoms with Gasteiger partial charge >= 0.3 is 5.97 Å². The molecule has 0 radical (unpaired) electrons. The Morgan fingerprint density at radius 1 is 1.26 bits per heavy atom. The third-order valence-corrected chi connectivity index (χ3v) is 3.18. The van der Waals surface area contributed by atoms with Gasteiger partial charge in [0, 0.05) is 17.6 Å². The van der Waals surface area contributed by atoms with Gasteiger partial charge in [0.1, 0.15) is 5.03 Å². The summed E-state index contributed by atoms with van der Waals surface area (Å²) in [6, 6.07) is 3.24. The van der Waals surface area contributed by atoms with Crippen molar-refractivity contribution in [2.45, 2.75) is 24.0 Å². The van der Waals surface area contributed by atoms with Crippen molar-refractivity contribution in [3.05, 3.63) is 35.3 Å². The van der Waals surface area contributed by atoms with Gasteiger partial charge in [-0.3, -0.25) is 0 Å². The summed E-state index contributed by atoms with van der Waals surface area (Å²) in [6.07, 6.45) is 1.27. The molecule has 0 amide bonds. The number of aromatic nitrogens is 3. The van der Waals surface area contributed by atoms with Crippen molar-refractivity contribution >= 4 is 23.4 Å². The summed E-state index contributed by atoms with van der Waals surface area (Å²) in [5.74, 6) is -1.06. The zero-order valence-corrected chi connectivity index (χ0v) is 11.2. The molecule has 0 aliphatic heterocycles. The molecule has 0 bridgehead atoms. The predicted molar refractivity (Wildman–Crippen MR) is 71.2 cm³/mol. The number of carbonyl (C=O) groups is 1. The molecule has 2 heterocycles. The first-order chi connectivity index (χ1) is 8.95. The molecule has 2 rings (SSSR count). The molecule has 3 N–H and O–H groups in total. The third-order valence-electron chi connectivity index (χ3n) is 2.28. The van der Waals surface area contributed by atoms with E-state index in [9.17, 15) is 4.79 Å². The zero-order chi connectivity index (χ0) is 14.0. The topological polar surface area (TPSA) is 102 Å². The van der Waals surface area contributed by atoms with Gasteiger partial charge in [-0.25, -0.2) is 19.7 Å². The zero-order valence-electron chi connectivity index (χ0n) is 10.4. The molecular formula is C12H12N4O2S. The highest BCUT2D eigenvalue weighted by Crippen LogP contribution is 2.28. The Morgan fingerprint density at radius 3 is 2.42 bits per heavy atom. The molecule has 98 valence electrons. The number of carboxylic acids is 1. The minimum atomic E-state index is -1.06. The second-order valence-electron chi connectivity index (χ2n) is 3.96. The lowest BCUT2D eigenvalue weighted by molar-refractivity contribution is 0.0696. The van der Waals surface area contributed by atoms with E-state index >= 15 is 0 Å². The standard InChI is InChI=1S/C12H12N4O2S/c1-6-3-7(2)16-12(15-6)19-10-9(13)4-8(5-14-10)11(17)18/h3-5H,13H2,1-2H3,(H,17,18). The molecule has 2 aromatic heterocycles. The number of aryl methyl sites for hydroxylation is 2. The van der Waals surface area contributed by atoms with E-state index in [1.54, 1.807) is 0 Å². The van der Waals surface area contributed by atoms with Crippen molar-refractivity contribution in [3.8, 4) is 0 Å². The number of hydrogen-bond acceptors (Lipinski definition) is 6. The van der Waals surface area contributed by atoms with Crippen LogP contribution in [0.3, 0.4) is 0 Å². The Morgan fingerprint density at radius 2 is 1.89 bits per heavy atom. The summed E-state index contributed by atoms with van der Waals surface area (Å²) in [5, 5.41) is 9.87. The number of hydrogen-bond donors (Lipinski definition) is 2. The average molecular weight is 276 g/mol. The van der Waals surface area contributed by atoms with E-state index in [0.717, 1.165) is 11.4 Å². The van der Waals surface area contributed by atoms with Gasteiger partial charge in [-0.1, -0.05) is 0 Å². The Labute approximate surface area is 114 Å². The van der Waals surface area contributed by atoms with E-state index < -0.39 is 5.97 Å². The maximum Gasteiger partial charge on any atom is 0.337 e. The molecule has 0 fully saturated rings. The number of anilines is 1. The van der Waals surface area contributed by atoms with Crippen LogP contribution in [0.2, 0.25) is 0 Å². The Bertz CT molecular complexity index is 625. The fourth-order valence-electron chi connectivity index (χ4n) is 1.50. The second-order valence-corrected chi connectivity index (χ2v) is 4.91. The molecule has 7 heteroatoms. The SMILES string of the molecule is Cc1cc(C)nc(Sc2ncc(C(=O)O)cc2N)n1. The minimum absolute atomic E-state index is 0.0585. The smallest absolute Gasteiger partial charge is 0.337 e. The summed E-state index contributed by atoms with van der Waals surface area (Å²) in [6.45, 7) is 3.76. The number of pyridine rings is 1. The van der Waals surface area contributed by atoms with E-state index in [1.165, 1.54) is 24.0 Å². The highest BCUT2D eigenvalue weighted by Gasteiger charge is 2.10. The van der Waals surface area contributed by atoms with E-state index in [2.05, 4.69) is 15.0 Å². The lowest BCUT2D eigenvalue weighted by Gasteiger charge is -2.05. The average Bonchev–Trinajstić information content (AvgIpc) is 2.30. The van der Waals surface area contributed by atoms with Gasteiger partial charge in [-0.15, -0.1) is 0 Å². The van der Waals surface area contributed by atoms with Gasteiger partial charge in [-0.05, 0) is 37.7 Å². The van der Waals surface area contributed by atoms with Crippen molar-refractivity contribution in [1.82, 2.24) is 15.0 Å². The summed E-state index contributed by atoms with van der Waals surface area (Å²) in [7, 11) is 0. The van der Waals surface area contributed by atoms with Gasteiger partial charge in [0.05, 0.1) is 11.3 Å². The van der Waals surface area contributed by atoms with Crippen LogP contribution in [0.15, 0.2) is 28.5 Å². The van der Waals surface area contributed by atoms with Gasteiger partial charge in [0.2, 0.25) is 0 Å². The van der Waals surface area contributed by atoms with Crippen LogP contribution in [0.5, 0.6) is 0 Å². The highest BCUT2D eigenvalue weighted by molar-refractivity contribution is 7.99. The second kappa shape index (κ2) is 5.23.